The Balaban J connectivity index is 1.40. The number of carbonyl (C=O) groups excluding carboxylic acids is 2. The molecule has 0 radical (unpaired) electrons. The van der Waals surface area contributed by atoms with Crippen LogP contribution in [0.25, 0.3) is 0 Å². The molecule has 2 aliphatic heterocycles. The molecule has 2 fully saturated rings. The number of pyridine rings is 1. The van der Waals surface area contributed by atoms with Gasteiger partial charge in [0.05, 0.1) is 0 Å². The zero-order valence-electron chi connectivity index (χ0n) is 22.6. The number of nitrogens with zero attached hydrogens (tertiary/aromatic N) is 3. The van der Waals surface area contributed by atoms with Crippen molar-refractivity contribution in [3.63, 3.8) is 0 Å². The average Bonchev–Trinajstić information content (AvgIpc) is 3.45. The molecule has 1 aliphatic carbocycles. The first-order valence-electron chi connectivity index (χ1n) is 14.2. The monoisotopic (exact) mass is 557 g/mol. The van der Waals surface area contributed by atoms with Crippen LogP contribution in [-0.2, 0) is 13.1 Å². The number of halogens is 2. The first kappa shape index (κ1) is 28.2. The molecule has 2 atom stereocenters. The number of carbonyl (C=O) groups is 2. The molecule has 216 valence electrons. The van der Waals surface area contributed by atoms with Crippen molar-refractivity contribution in [3.8, 4) is 5.75 Å². The van der Waals surface area contributed by atoms with Crippen LogP contribution in [0.1, 0.15) is 64.9 Å². The number of hydrogen-bond acceptors (Lipinski definition) is 6. The minimum Gasteiger partial charge on any atom is -0.503 e. The number of likely N-dealkylation sites (tertiary alicyclic amines) is 1. The summed E-state index contributed by atoms with van der Waals surface area (Å²) < 4.78 is 28.7. The van der Waals surface area contributed by atoms with Crippen LogP contribution in [0.3, 0.4) is 0 Å². The molecule has 1 saturated heterocycles. The molecule has 0 unspecified atom stereocenters. The lowest BCUT2D eigenvalue weighted by molar-refractivity contribution is 0.0844. The largest absolute Gasteiger partial charge is 0.503 e. The van der Waals surface area contributed by atoms with Crippen LogP contribution in [0.15, 0.2) is 29.2 Å². The van der Waals surface area contributed by atoms with E-state index in [1.807, 2.05) is 0 Å². The van der Waals surface area contributed by atoms with E-state index in [4.69, 9.17) is 0 Å². The van der Waals surface area contributed by atoms with E-state index in [1.165, 1.54) is 29.7 Å². The third kappa shape index (κ3) is 6.36. The standard InChI is InChI=1S/C29H37F2N5O4/c30-21-8-7-19(23(31)15-21)16-32-28(39)22-18-36-14-13-35(12-11-34-9-3-4-10-34)17-20-5-1-2-6-24(20)33-29(40)25(36)27(38)26(22)37/h7-8,15,18,20,24,38H,1-6,9-14,16-17H2,(H,32,39)(H,33,40)/t20-,24-/m0/s1. The van der Waals surface area contributed by atoms with Crippen LogP contribution >= 0.6 is 0 Å². The van der Waals surface area contributed by atoms with Crippen LogP contribution in [-0.4, -0.2) is 76.6 Å². The minimum atomic E-state index is -0.971. The number of hydrogen-bond donors (Lipinski definition) is 3. The molecular formula is C29H37F2N5O4. The van der Waals surface area contributed by atoms with Gasteiger partial charge in [-0.15, -0.1) is 0 Å². The molecule has 1 aromatic carbocycles. The van der Waals surface area contributed by atoms with Crippen LogP contribution in [0.4, 0.5) is 8.78 Å². The number of amides is 2. The van der Waals surface area contributed by atoms with Crippen molar-refractivity contribution < 1.29 is 23.5 Å². The fourth-order valence-electron chi connectivity index (χ4n) is 6.18. The molecule has 1 aromatic heterocycles. The van der Waals surface area contributed by atoms with Gasteiger partial charge in [-0.1, -0.05) is 18.9 Å². The molecule has 40 heavy (non-hydrogen) atoms. The first-order valence-corrected chi connectivity index (χ1v) is 14.2. The van der Waals surface area contributed by atoms with Crippen molar-refractivity contribution in [3.05, 3.63) is 63.1 Å². The van der Waals surface area contributed by atoms with Crippen LogP contribution in [0.2, 0.25) is 0 Å². The summed E-state index contributed by atoms with van der Waals surface area (Å²) in [6.07, 6.45) is 7.69. The van der Waals surface area contributed by atoms with Crippen LogP contribution in [0.5, 0.6) is 5.75 Å². The highest BCUT2D eigenvalue weighted by atomic mass is 19.1. The van der Waals surface area contributed by atoms with Gasteiger partial charge in [-0.05, 0) is 50.8 Å². The Bertz CT molecular complexity index is 1310. The summed E-state index contributed by atoms with van der Waals surface area (Å²) in [6.45, 7) is 5.48. The summed E-state index contributed by atoms with van der Waals surface area (Å²) in [5, 5.41) is 16.4. The van der Waals surface area contributed by atoms with Gasteiger partial charge >= 0.3 is 0 Å². The van der Waals surface area contributed by atoms with Gasteiger partial charge in [0.1, 0.15) is 17.2 Å². The van der Waals surface area contributed by atoms with Gasteiger partial charge in [-0.25, -0.2) is 8.78 Å². The van der Waals surface area contributed by atoms with Gasteiger partial charge in [0.15, 0.2) is 11.4 Å². The Morgan fingerprint density at radius 3 is 2.52 bits per heavy atom. The lowest BCUT2D eigenvalue weighted by atomic mass is 9.83. The number of fused-ring (bicyclic) bond motifs is 2. The molecule has 5 rings (SSSR count). The normalized spacial score (nSPS) is 22.3. The van der Waals surface area contributed by atoms with E-state index in [0.29, 0.717) is 19.2 Å². The quantitative estimate of drug-likeness (QED) is 0.504. The van der Waals surface area contributed by atoms with E-state index in [9.17, 15) is 28.3 Å². The fourth-order valence-corrected chi connectivity index (χ4v) is 6.18. The molecule has 2 amide bonds. The zero-order chi connectivity index (χ0) is 28.2. The van der Waals surface area contributed by atoms with Crippen LogP contribution in [0, 0.1) is 17.6 Å². The highest BCUT2D eigenvalue weighted by Crippen LogP contribution is 2.27. The summed E-state index contributed by atoms with van der Waals surface area (Å²) >= 11 is 0. The second kappa shape index (κ2) is 12.5. The fraction of sp³-hybridized carbons (Fsp3) is 0.552. The number of aromatic nitrogens is 1. The first-order chi connectivity index (χ1) is 19.3. The van der Waals surface area contributed by atoms with E-state index in [0.717, 1.165) is 64.5 Å². The molecule has 11 heteroatoms. The van der Waals surface area contributed by atoms with E-state index < -0.39 is 34.6 Å². The summed E-state index contributed by atoms with van der Waals surface area (Å²) in [5.74, 6) is -3.41. The molecule has 9 nitrogen and oxygen atoms in total. The lowest BCUT2D eigenvalue weighted by Gasteiger charge is -2.38. The smallest absolute Gasteiger partial charge is 0.272 e. The number of rotatable bonds is 6. The number of nitrogens with one attached hydrogen (secondary N) is 2. The Kier molecular flexibility index (Phi) is 8.80. The highest BCUT2D eigenvalue weighted by molar-refractivity contribution is 5.98. The van der Waals surface area contributed by atoms with E-state index in [1.54, 1.807) is 0 Å². The maximum Gasteiger partial charge on any atom is 0.272 e. The van der Waals surface area contributed by atoms with Crippen molar-refractivity contribution in [2.45, 2.75) is 57.7 Å². The third-order valence-electron chi connectivity index (χ3n) is 8.48. The van der Waals surface area contributed by atoms with Crippen molar-refractivity contribution in [2.75, 3.05) is 39.3 Å². The molecule has 0 bridgehead atoms. The molecule has 2 aromatic rings. The average molecular weight is 558 g/mol. The SMILES string of the molecule is O=C(NCc1ccc(F)cc1F)c1cn2c(c(O)c1=O)C(=O)N[C@H]1CCCC[C@H]1CN(CCN1CCCC1)CC2. The summed E-state index contributed by atoms with van der Waals surface area (Å²) in [7, 11) is 0. The van der Waals surface area contributed by atoms with Crippen molar-refractivity contribution in [1.29, 1.82) is 0 Å². The highest BCUT2D eigenvalue weighted by Gasteiger charge is 2.32. The molecule has 0 spiro atoms. The Hall–Kier alpha value is -3.31. The zero-order valence-corrected chi connectivity index (χ0v) is 22.6. The molecule has 1 saturated carbocycles. The van der Waals surface area contributed by atoms with Gasteiger partial charge in [0, 0.05) is 63.1 Å². The van der Waals surface area contributed by atoms with Crippen molar-refractivity contribution in [2.24, 2.45) is 5.92 Å². The number of aromatic hydroxyl groups is 1. The van der Waals surface area contributed by atoms with Crippen molar-refractivity contribution >= 4 is 11.8 Å². The van der Waals surface area contributed by atoms with E-state index in [2.05, 4.69) is 20.4 Å². The van der Waals surface area contributed by atoms with Gasteiger partial charge < -0.3 is 25.2 Å². The molecule has 3 heterocycles. The number of benzene rings is 1. The van der Waals surface area contributed by atoms with E-state index >= 15 is 0 Å². The minimum absolute atomic E-state index is 0.0492. The predicted octanol–water partition coefficient (Wildman–Crippen LogP) is 2.46. The van der Waals surface area contributed by atoms with Gasteiger partial charge in [-0.3, -0.25) is 19.3 Å². The maximum atomic E-state index is 14.0. The lowest BCUT2D eigenvalue weighted by Crippen LogP contribution is -2.50. The Morgan fingerprint density at radius 1 is 1.00 bits per heavy atom. The third-order valence-corrected chi connectivity index (χ3v) is 8.48. The van der Waals surface area contributed by atoms with E-state index in [-0.39, 0.29) is 35.3 Å². The van der Waals surface area contributed by atoms with Gasteiger partial charge in [0.2, 0.25) is 5.43 Å². The Morgan fingerprint density at radius 2 is 1.75 bits per heavy atom. The summed E-state index contributed by atoms with van der Waals surface area (Å²) in [5.41, 5.74) is -1.43. The van der Waals surface area contributed by atoms with Crippen molar-refractivity contribution in [1.82, 2.24) is 25.0 Å². The summed E-state index contributed by atoms with van der Waals surface area (Å²) in [4.78, 5) is 44.2. The Labute approximate surface area is 232 Å². The molecular weight excluding hydrogens is 520 g/mol. The molecule has 3 aliphatic rings. The van der Waals surface area contributed by atoms with Gasteiger partial charge in [0.25, 0.3) is 11.8 Å². The van der Waals surface area contributed by atoms with Crippen LogP contribution < -0.4 is 16.1 Å². The summed E-state index contributed by atoms with van der Waals surface area (Å²) in [6, 6.07) is 2.93. The predicted molar refractivity (Wildman–Crippen MR) is 145 cm³/mol. The maximum absolute atomic E-state index is 14.0. The molecule has 3 N–H and O–H groups in total. The van der Waals surface area contributed by atoms with Gasteiger partial charge in [-0.2, -0.15) is 0 Å². The second-order valence-corrected chi connectivity index (χ2v) is 11.2. The topological polar surface area (TPSA) is 107 Å². The second-order valence-electron chi connectivity index (χ2n) is 11.2.